The molecule has 2 nitrogen and oxygen atoms in total. The third-order valence-electron chi connectivity index (χ3n) is 3.33. The highest BCUT2D eigenvalue weighted by Crippen LogP contribution is 2.23. The van der Waals surface area contributed by atoms with Crippen molar-refractivity contribution in [1.29, 1.82) is 0 Å². The van der Waals surface area contributed by atoms with E-state index >= 15 is 0 Å². The molecular formula is C16H18BrFN2. The minimum Gasteiger partial charge on any atom is -0.329 e. The molecule has 0 radical (unpaired) electrons. The highest BCUT2D eigenvalue weighted by Gasteiger charge is 2.15. The third-order valence-corrected chi connectivity index (χ3v) is 3.98. The standard InChI is InChI=1S/C16H18BrFN2/c1-11(12-5-3-2-4-6-12)20-16(10-19)13-7-8-14(17)15(18)9-13/h2-9,11,16,20H,10,19H2,1H3. The van der Waals surface area contributed by atoms with Gasteiger partial charge in [0.1, 0.15) is 5.82 Å². The van der Waals surface area contributed by atoms with Gasteiger partial charge < -0.3 is 11.1 Å². The van der Waals surface area contributed by atoms with Gasteiger partial charge in [0.2, 0.25) is 0 Å². The quantitative estimate of drug-likeness (QED) is 0.867. The van der Waals surface area contributed by atoms with Crippen molar-refractivity contribution >= 4 is 15.9 Å². The van der Waals surface area contributed by atoms with Gasteiger partial charge in [-0.3, -0.25) is 0 Å². The molecule has 0 heterocycles. The van der Waals surface area contributed by atoms with Crippen LogP contribution in [0.4, 0.5) is 4.39 Å². The summed E-state index contributed by atoms with van der Waals surface area (Å²) in [5.74, 6) is -0.268. The first-order valence-electron chi connectivity index (χ1n) is 6.58. The minimum atomic E-state index is -0.268. The molecule has 0 fully saturated rings. The second-order valence-corrected chi connectivity index (χ2v) is 5.62. The van der Waals surface area contributed by atoms with Crippen molar-refractivity contribution in [3.05, 3.63) is 69.9 Å². The Kier molecular flexibility index (Phi) is 5.29. The summed E-state index contributed by atoms with van der Waals surface area (Å²) in [6.45, 7) is 2.49. The predicted molar refractivity (Wildman–Crippen MR) is 83.9 cm³/mol. The number of nitrogens with two attached hydrogens (primary N) is 1. The lowest BCUT2D eigenvalue weighted by molar-refractivity contribution is 0.470. The highest BCUT2D eigenvalue weighted by atomic mass is 79.9. The number of hydrogen-bond donors (Lipinski definition) is 2. The first kappa shape index (κ1) is 15.2. The Morgan fingerprint density at radius 3 is 2.45 bits per heavy atom. The lowest BCUT2D eigenvalue weighted by atomic mass is 10.0. The number of hydrogen-bond acceptors (Lipinski definition) is 2. The molecule has 0 spiro atoms. The van der Waals surface area contributed by atoms with Gasteiger partial charge in [-0.05, 0) is 46.1 Å². The van der Waals surface area contributed by atoms with Crippen molar-refractivity contribution in [3.8, 4) is 0 Å². The number of halogens is 2. The molecule has 0 aliphatic heterocycles. The Labute approximate surface area is 127 Å². The number of benzene rings is 2. The van der Waals surface area contributed by atoms with Crippen LogP contribution in [0.2, 0.25) is 0 Å². The van der Waals surface area contributed by atoms with Crippen LogP contribution in [-0.2, 0) is 0 Å². The maximum absolute atomic E-state index is 13.6. The summed E-state index contributed by atoms with van der Waals surface area (Å²) in [7, 11) is 0. The molecule has 2 aromatic rings. The van der Waals surface area contributed by atoms with Crippen LogP contribution in [0, 0.1) is 5.82 Å². The van der Waals surface area contributed by atoms with Crippen LogP contribution in [0.15, 0.2) is 53.0 Å². The number of rotatable bonds is 5. The minimum absolute atomic E-state index is 0.0761. The van der Waals surface area contributed by atoms with Crippen molar-refractivity contribution < 1.29 is 4.39 Å². The summed E-state index contributed by atoms with van der Waals surface area (Å²) < 4.78 is 14.1. The van der Waals surface area contributed by atoms with Crippen molar-refractivity contribution in [1.82, 2.24) is 5.32 Å². The second-order valence-electron chi connectivity index (χ2n) is 4.76. The molecule has 2 rings (SSSR count). The van der Waals surface area contributed by atoms with Gasteiger partial charge in [-0.15, -0.1) is 0 Å². The summed E-state index contributed by atoms with van der Waals surface area (Å²) in [5.41, 5.74) is 7.86. The molecule has 0 saturated heterocycles. The van der Waals surface area contributed by atoms with Gasteiger partial charge in [-0.25, -0.2) is 4.39 Å². The first-order chi connectivity index (χ1) is 9.61. The van der Waals surface area contributed by atoms with Gasteiger partial charge in [0.05, 0.1) is 4.47 Å². The monoisotopic (exact) mass is 336 g/mol. The van der Waals surface area contributed by atoms with E-state index in [0.29, 0.717) is 11.0 Å². The van der Waals surface area contributed by atoms with E-state index in [0.717, 1.165) is 5.56 Å². The van der Waals surface area contributed by atoms with Gasteiger partial charge in [0, 0.05) is 18.6 Å². The molecule has 0 aliphatic carbocycles. The fraction of sp³-hybridized carbons (Fsp3) is 0.250. The first-order valence-corrected chi connectivity index (χ1v) is 7.37. The van der Waals surface area contributed by atoms with E-state index in [4.69, 9.17) is 5.73 Å². The molecule has 0 saturated carbocycles. The molecule has 0 bridgehead atoms. The van der Waals surface area contributed by atoms with Crippen LogP contribution in [0.1, 0.15) is 30.1 Å². The van der Waals surface area contributed by atoms with Gasteiger partial charge >= 0.3 is 0 Å². The van der Waals surface area contributed by atoms with Crippen LogP contribution in [0.3, 0.4) is 0 Å². The summed E-state index contributed by atoms with van der Waals surface area (Å²) in [5, 5.41) is 3.44. The molecule has 2 aromatic carbocycles. The van der Waals surface area contributed by atoms with Crippen LogP contribution >= 0.6 is 15.9 Å². The Morgan fingerprint density at radius 2 is 1.85 bits per heavy atom. The van der Waals surface area contributed by atoms with E-state index in [2.05, 4.69) is 40.3 Å². The maximum Gasteiger partial charge on any atom is 0.137 e. The van der Waals surface area contributed by atoms with E-state index in [1.165, 1.54) is 11.6 Å². The van der Waals surface area contributed by atoms with Crippen molar-refractivity contribution in [2.45, 2.75) is 19.0 Å². The molecule has 3 N–H and O–H groups in total. The van der Waals surface area contributed by atoms with E-state index in [9.17, 15) is 4.39 Å². The zero-order valence-corrected chi connectivity index (χ0v) is 12.9. The summed E-state index contributed by atoms with van der Waals surface area (Å²) >= 11 is 3.16. The Bertz CT molecular complexity index is 560. The molecule has 0 aromatic heterocycles. The fourth-order valence-corrected chi connectivity index (χ4v) is 2.42. The summed E-state index contributed by atoms with van der Waals surface area (Å²) in [6.07, 6.45) is 0. The zero-order valence-electron chi connectivity index (χ0n) is 11.3. The van der Waals surface area contributed by atoms with Crippen LogP contribution < -0.4 is 11.1 Å². The third kappa shape index (κ3) is 3.66. The van der Waals surface area contributed by atoms with E-state index in [1.54, 1.807) is 6.07 Å². The average molecular weight is 337 g/mol. The molecule has 2 atom stereocenters. The zero-order chi connectivity index (χ0) is 14.5. The molecule has 2 unspecified atom stereocenters. The maximum atomic E-state index is 13.6. The average Bonchev–Trinajstić information content (AvgIpc) is 2.48. The van der Waals surface area contributed by atoms with Gasteiger partial charge in [0.25, 0.3) is 0 Å². The second kappa shape index (κ2) is 6.97. The lowest BCUT2D eigenvalue weighted by Gasteiger charge is -2.23. The SMILES string of the molecule is CC(NC(CN)c1ccc(Br)c(F)c1)c1ccccc1. The summed E-state index contributed by atoms with van der Waals surface area (Å²) in [6, 6.07) is 15.3. The number of nitrogens with one attached hydrogen (secondary N) is 1. The van der Waals surface area contributed by atoms with E-state index < -0.39 is 0 Å². The molecule has 0 aliphatic rings. The Hall–Kier alpha value is -1.23. The van der Waals surface area contributed by atoms with Crippen molar-refractivity contribution in [2.75, 3.05) is 6.54 Å². The van der Waals surface area contributed by atoms with E-state index in [1.807, 2.05) is 24.3 Å². The van der Waals surface area contributed by atoms with Gasteiger partial charge in [-0.2, -0.15) is 0 Å². The topological polar surface area (TPSA) is 38.0 Å². The largest absolute Gasteiger partial charge is 0.329 e. The summed E-state index contributed by atoms with van der Waals surface area (Å²) in [4.78, 5) is 0. The fourth-order valence-electron chi connectivity index (χ4n) is 2.17. The van der Waals surface area contributed by atoms with E-state index in [-0.39, 0.29) is 17.9 Å². The molecule has 4 heteroatoms. The smallest absolute Gasteiger partial charge is 0.137 e. The Morgan fingerprint density at radius 1 is 1.15 bits per heavy atom. The lowest BCUT2D eigenvalue weighted by Crippen LogP contribution is -2.30. The Balaban J connectivity index is 2.14. The van der Waals surface area contributed by atoms with Crippen LogP contribution in [-0.4, -0.2) is 6.54 Å². The molecule has 106 valence electrons. The molecule has 0 amide bonds. The van der Waals surface area contributed by atoms with Crippen LogP contribution in [0.25, 0.3) is 0 Å². The van der Waals surface area contributed by atoms with Gasteiger partial charge in [-0.1, -0.05) is 36.4 Å². The van der Waals surface area contributed by atoms with Crippen molar-refractivity contribution in [3.63, 3.8) is 0 Å². The predicted octanol–water partition coefficient (Wildman–Crippen LogP) is 3.94. The normalized spacial score (nSPS) is 14.0. The van der Waals surface area contributed by atoms with Crippen molar-refractivity contribution in [2.24, 2.45) is 5.73 Å². The highest BCUT2D eigenvalue weighted by molar-refractivity contribution is 9.10. The molecule has 20 heavy (non-hydrogen) atoms. The molecular weight excluding hydrogens is 319 g/mol. The van der Waals surface area contributed by atoms with Crippen LogP contribution in [0.5, 0.6) is 0 Å². The van der Waals surface area contributed by atoms with Gasteiger partial charge in [0.15, 0.2) is 0 Å².